The van der Waals surface area contributed by atoms with Crippen molar-refractivity contribution in [3.05, 3.63) is 11.9 Å². The molecular formula is C7H11F2N3O2. The molecular weight excluding hydrogens is 196 g/mol. The smallest absolute Gasteiger partial charge is 0.355 e. The van der Waals surface area contributed by atoms with Crippen molar-refractivity contribution in [3.8, 4) is 0 Å². The number of halogens is 2. The molecule has 0 spiro atoms. The lowest BCUT2D eigenvalue weighted by Crippen LogP contribution is -2.37. The lowest BCUT2D eigenvalue weighted by atomic mass is 10.3. The third-order valence-corrected chi connectivity index (χ3v) is 2.06. The quantitative estimate of drug-likeness (QED) is 0.334. The number of nitrogens with two attached hydrogens (primary N) is 2. The van der Waals surface area contributed by atoms with Gasteiger partial charge in [-0.25, -0.2) is 19.4 Å². The topological polar surface area (TPSA) is 92.6 Å². The van der Waals surface area contributed by atoms with Gasteiger partial charge >= 0.3 is 5.97 Å². The normalized spacial score (nSPS) is 24.5. The lowest BCUT2D eigenvalue weighted by Gasteiger charge is -2.17. The van der Waals surface area contributed by atoms with Crippen molar-refractivity contribution in [2.75, 3.05) is 6.54 Å². The van der Waals surface area contributed by atoms with E-state index in [1.807, 2.05) is 0 Å². The number of aliphatic carboxylic acids is 1. The molecule has 0 heterocycles. The molecule has 0 aliphatic heterocycles. The lowest BCUT2D eigenvalue weighted by molar-refractivity contribution is -0.134. The Hall–Kier alpha value is -1.37. The highest BCUT2D eigenvalue weighted by molar-refractivity contribution is 5.85. The Morgan fingerprint density at radius 1 is 1.71 bits per heavy atom. The van der Waals surface area contributed by atoms with Gasteiger partial charge in [0, 0.05) is 25.1 Å². The third-order valence-electron chi connectivity index (χ3n) is 2.06. The Morgan fingerprint density at radius 3 is 2.50 bits per heavy atom. The van der Waals surface area contributed by atoms with E-state index in [0.717, 1.165) is 11.2 Å². The van der Waals surface area contributed by atoms with Crippen LogP contribution in [0.2, 0.25) is 0 Å². The van der Waals surface area contributed by atoms with Gasteiger partial charge in [0.1, 0.15) is 0 Å². The molecule has 1 atom stereocenters. The summed E-state index contributed by atoms with van der Waals surface area (Å²) in [5.41, 5.74) is 4.60. The van der Waals surface area contributed by atoms with Crippen molar-refractivity contribution in [2.24, 2.45) is 17.5 Å². The minimum Gasteiger partial charge on any atom is -0.476 e. The average Bonchev–Trinajstić information content (AvgIpc) is 2.58. The van der Waals surface area contributed by atoms with Crippen molar-refractivity contribution in [1.82, 2.24) is 5.01 Å². The molecule has 1 aliphatic carbocycles. The van der Waals surface area contributed by atoms with Crippen LogP contribution in [0.5, 0.6) is 0 Å². The second-order valence-corrected chi connectivity index (χ2v) is 3.17. The molecule has 1 aliphatic rings. The first kappa shape index (κ1) is 10.7. The maximum absolute atomic E-state index is 12.4. The highest BCUT2D eigenvalue weighted by Crippen LogP contribution is 2.48. The predicted molar refractivity (Wildman–Crippen MR) is 43.9 cm³/mol. The van der Waals surface area contributed by atoms with Crippen LogP contribution >= 0.6 is 0 Å². The number of hydrogen-bond donors (Lipinski definition) is 3. The zero-order valence-electron chi connectivity index (χ0n) is 7.28. The van der Waals surface area contributed by atoms with Crippen molar-refractivity contribution >= 4 is 5.97 Å². The number of nitrogens with zero attached hydrogens (tertiary/aromatic N) is 1. The number of carbonyl (C=O) groups is 1. The van der Waals surface area contributed by atoms with E-state index in [-0.39, 0.29) is 18.7 Å². The standard InChI is InChI=1S/C7H11F2N3O2/c8-7(9)1-4(7)3-12(11)5(2-10)6(13)14/h2,4H,1,3,10-11H2,(H,13,14)/b5-2-. The van der Waals surface area contributed by atoms with Crippen LogP contribution in [-0.2, 0) is 4.79 Å². The molecule has 0 aromatic heterocycles. The van der Waals surface area contributed by atoms with Gasteiger partial charge in [-0.1, -0.05) is 0 Å². The van der Waals surface area contributed by atoms with E-state index in [2.05, 4.69) is 0 Å². The van der Waals surface area contributed by atoms with Crippen LogP contribution in [0, 0.1) is 5.92 Å². The maximum atomic E-state index is 12.4. The Morgan fingerprint density at radius 2 is 2.21 bits per heavy atom. The fourth-order valence-corrected chi connectivity index (χ4v) is 1.09. The number of carboxylic acids is 1. The summed E-state index contributed by atoms with van der Waals surface area (Å²) in [4.78, 5) is 10.5. The molecule has 0 aromatic rings. The number of hydrazine groups is 1. The van der Waals surface area contributed by atoms with Crippen LogP contribution in [0.15, 0.2) is 11.9 Å². The van der Waals surface area contributed by atoms with E-state index >= 15 is 0 Å². The minimum absolute atomic E-state index is 0.206. The molecule has 80 valence electrons. The Labute approximate surface area is 78.9 Å². The van der Waals surface area contributed by atoms with Gasteiger partial charge in [-0.15, -0.1) is 0 Å². The molecule has 5 N–H and O–H groups in total. The first-order valence-corrected chi connectivity index (χ1v) is 3.93. The molecule has 0 amide bonds. The summed E-state index contributed by atoms with van der Waals surface area (Å²) in [7, 11) is 0. The SMILES string of the molecule is N/C=C(/C(=O)O)N(N)CC1CC1(F)F. The highest BCUT2D eigenvalue weighted by atomic mass is 19.3. The second-order valence-electron chi connectivity index (χ2n) is 3.17. The first-order chi connectivity index (χ1) is 6.38. The summed E-state index contributed by atoms with van der Waals surface area (Å²) >= 11 is 0. The Kier molecular flexibility index (Phi) is 2.61. The fourth-order valence-electron chi connectivity index (χ4n) is 1.09. The number of carboxylic acid groups (broad SMARTS) is 1. The number of hydrogen-bond acceptors (Lipinski definition) is 4. The van der Waals surface area contributed by atoms with Crippen molar-refractivity contribution in [1.29, 1.82) is 0 Å². The molecule has 1 rings (SSSR count). The molecule has 5 nitrogen and oxygen atoms in total. The fraction of sp³-hybridized carbons (Fsp3) is 0.571. The molecule has 0 saturated heterocycles. The van der Waals surface area contributed by atoms with Gasteiger partial charge in [-0.2, -0.15) is 0 Å². The molecule has 0 radical (unpaired) electrons. The molecule has 14 heavy (non-hydrogen) atoms. The van der Waals surface area contributed by atoms with Crippen molar-refractivity contribution < 1.29 is 18.7 Å². The van der Waals surface area contributed by atoms with E-state index < -0.39 is 17.8 Å². The van der Waals surface area contributed by atoms with Crippen LogP contribution in [0.25, 0.3) is 0 Å². The summed E-state index contributed by atoms with van der Waals surface area (Å²) in [6.45, 7) is -0.206. The zero-order valence-corrected chi connectivity index (χ0v) is 7.28. The highest BCUT2D eigenvalue weighted by Gasteiger charge is 2.57. The maximum Gasteiger partial charge on any atom is 0.355 e. The van der Waals surface area contributed by atoms with E-state index in [1.54, 1.807) is 0 Å². The summed E-state index contributed by atoms with van der Waals surface area (Å²) < 4.78 is 24.9. The largest absolute Gasteiger partial charge is 0.476 e. The monoisotopic (exact) mass is 207 g/mol. The predicted octanol–water partition coefficient (Wildman–Crippen LogP) is -0.298. The summed E-state index contributed by atoms with van der Waals surface area (Å²) in [5.74, 6) is 0.342. The first-order valence-electron chi connectivity index (χ1n) is 3.93. The van der Waals surface area contributed by atoms with Crippen LogP contribution in [0.1, 0.15) is 6.42 Å². The van der Waals surface area contributed by atoms with Crippen LogP contribution in [-0.4, -0.2) is 28.6 Å². The van der Waals surface area contributed by atoms with Crippen LogP contribution in [0.4, 0.5) is 8.78 Å². The van der Waals surface area contributed by atoms with Crippen LogP contribution < -0.4 is 11.6 Å². The summed E-state index contributed by atoms with van der Waals surface area (Å²) in [6.07, 6.45) is 0.529. The van der Waals surface area contributed by atoms with Crippen molar-refractivity contribution in [2.45, 2.75) is 12.3 Å². The van der Waals surface area contributed by atoms with E-state index in [9.17, 15) is 13.6 Å². The molecule has 1 fully saturated rings. The van der Waals surface area contributed by atoms with Gasteiger partial charge in [0.05, 0.1) is 0 Å². The van der Waals surface area contributed by atoms with E-state index in [0.29, 0.717) is 0 Å². The average molecular weight is 207 g/mol. The molecule has 1 saturated carbocycles. The number of rotatable bonds is 4. The Balaban J connectivity index is 2.50. The molecule has 1 unspecified atom stereocenters. The summed E-state index contributed by atoms with van der Waals surface area (Å²) in [5, 5.41) is 9.28. The van der Waals surface area contributed by atoms with Gasteiger partial charge < -0.3 is 15.8 Å². The van der Waals surface area contributed by atoms with E-state index in [1.165, 1.54) is 0 Å². The number of alkyl halides is 2. The third kappa shape index (κ3) is 2.11. The van der Waals surface area contributed by atoms with Gasteiger partial charge in [0.15, 0.2) is 5.70 Å². The minimum atomic E-state index is -2.71. The Bertz CT molecular complexity index is 280. The second kappa shape index (κ2) is 3.41. The van der Waals surface area contributed by atoms with Gasteiger partial charge in [0.25, 0.3) is 5.92 Å². The van der Waals surface area contributed by atoms with E-state index in [4.69, 9.17) is 16.7 Å². The molecule has 0 aromatic carbocycles. The van der Waals surface area contributed by atoms with Crippen LogP contribution in [0.3, 0.4) is 0 Å². The van der Waals surface area contributed by atoms with Gasteiger partial charge in [0.2, 0.25) is 0 Å². The van der Waals surface area contributed by atoms with Gasteiger partial charge in [-0.05, 0) is 0 Å². The zero-order chi connectivity index (χ0) is 10.9. The molecule has 0 bridgehead atoms. The summed E-state index contributed by atoms with van der Waals surface area (Å²) in [6, 6.07) is 0. The van der Waals surface area contributed by atoms with Crippen molar-refractivity contribution in [3.63, 3.8) is 0 Å². The molecule has 7 heteroatoms. The van der Waals surface area contributed by atoms with Gasteiger partial charge in [-0.3, -0.25) is 0 Å².